The number of hydrogen-bond donors (Lipinski definition) is 1. The smallest absolute Gasteiger partial charge is 0.0407 e. The van der Waals surface area contributed by atoms with Crippen LogP contribution < -0.4 is 5.32 Å². The Labute approximate surface area is 123 Å². The predicted octanol–water partition coefficient (Wildman–Crippen LogP) is 5.04. The third kappa shape index (κ3) is 3.22. The van der Waals surface area contributed by atoms with Crippen LogP contribution >= 0.6 is 0 Å². The maximum atomic E-state index is 3.67. The van der Waals surface area contributed by atoms with E-state index in [1.54, 1.807) is 0 Å². The molecule has 0 saturated heterocycles. The van der Waals surface area contributed by atoms with Crippen molar-refractivity contribution in [2.45, 2.75) is 47.1 Å². The van der Waals surface area contributed by atoms with Crippen molar-refractivity contribution in [2.24, 2.45) is 0 Å². The summed E-state index contributed by atoms with van der Waals surface area (Å²) in [5, 5.41) is 3.67. The summed E-state index contributed by atoms with van der Waals surface area (Å²) < 4.78 is 0. The van der Waals surface area contributed by atoms with Gasteiger partial charge in [-0.25, -0.2) is 0 Å². The molecule has 0 aromatic heterocycles. The zero-order valence-corrected chi connectivity index (χ0v) is 13.1. The third-order valence-electron chi connectivity index (χ3n) is 3.96. The number of para-hydroxylation sites is 1. The molecular weight excluding hydrogens is 242 g/mol. The van der Waals surface area contributed by atoms with Crippen LogP contribution in [0.15, 0.2) is 36.4 Å². The van der Waals surface area contributed by atoms with Crippen molar-refractivity contribution in [3.8, 4) is 0 Å². The molecule has 0 amide bonds. The fraction of sp³-hybridized carbons (Fsp3) is 0.368. The topological polar surface area (TPSA) is 12.0 Å². The summed E-state index contributed by atoms with van der Waals surface area (Å²) in [4.78, 5) is 0. The maximum Gasteiger partial charge on any atom is 0.0407 e. The van der Waals surface area contributed by atoms with Crippen molar-refractivity contribution in [1.82, 2.24) is 0 Å². The molecule has 0 heterocycles. The predicted molar refractivity (Wildman–Crippen MR) is 88.4 cm³/mol. The van der Waals surface area contributed by atoms with Gasteiger partial charge in [-0.3, -0.25) is 0 Å². The Balaban J connectivity index is 2.24. The zero-order valence-electron chi connectivity index (χ0n) is 13.1. The summed E-state index contributed by atoms with van der Waals surface area (Å²) in [6, 6.07) is 13.3. The van der Waals surface area contributed by atoms with Gasteiger partial charge in [-0.2, -0.15) is 0 Å². The van der Waals surface area contributed by atoms with Crippen LogP contribution in [0.3, 0.4) is 0 Å². The minimum atomic E-state index is 0.900. The van der Waals surface area contributed by atoms with E-state index in [0.717, 1.165) is 19.4 Å². The van der Waals surface area contributed by atoms with E-state index in [9.17, 15) is 0 Å². The van der Waals surface area contributed by atoms with E-state index in [1.807, 2.05) is 0 Å². The highest BCUT2D eigenvalue weighted by Gasteiger charge is 2.06. The molecule has 1 heteroatoms. The highest BCUT2D eigenvalue weighted by Crippen LogP contribution is 2.24. The van der Waals surface area contributed by atoms with E-state index in [4.69, 9.17) is 0 Å². The van der Waals surface area contributed by atoms with Crippen LogP contribution in [0.5, 0.6) is 0 Å². The van der Waals surface area contributed by atoms with E-state index in [0.29, 0.717) is 0 Å². The average Bonchev–Trinajstić information content (AvgIpc) is 2.47. The van der Waals surface area contributed by atoms with E-state index >= 15 is 0 Å². The molecule has 2 aromatic rings. The first kappa shape index (κ1) is 14.6. The van der Waals surface area contributed by atoms with Crippen molar-refractivity contribution in [3.63, 3.8) is 0 Å². The van der Waals surface area contributed by atoms with Gasteiger partial charge in [0.1, 0.15) is 0 Å². The molecular formula is C19H25N. The summed E-state index contributed by atoms with van der Waals surface area (Å²) in [5.41, 5.74) is 8.22. The molecule has 0 spiro atoms. The summed E-state index contributed by atoms with van der Waals surface area (Å²) in [7, 11) is 0. The molecule has 0 aliphatic rings. The molecule has 0 bridgehead atoms. The summed E-state index contributed by atoms with van der Waals surface area (Å²) in [5.74, 6) is 0. The van der Waals surface area contributed by atoms with Gasteiger partial charge < -0.3 is 5.32 Å². The van der Waals surface area contributed by atoms with Crippen LogP contribution in [0.2, 0.25) is 0 Å². The van der Waals surface area contributed by atoms with Gasteiger partial charge >= 0.3 is 0 Å². The quantitative estimate of drug-likeness (QED) is 0.800. The molecule has 0 saturated carbocycles. The molecule has 1 nitrogen and oxygen atoms in total. The normalized spacial score (nSPS) is 10.6. The van der Waals surface area contributed by atoms with Crippen molar-refractivity contribution >= 4 is 5.69 Å². The second kappa shape index (κ2) is 6.60. The molecule has 0 aliphatic heterocycles. The van der Waals surface area contributed by atoms with Crippen LogP contribution in [0.25, 0.3) is 0 Å². The maximum absolute atomic E-state index is 3.67. The molecule has 0 unspecified atom stereocenters. The second-order valence-electron chi connectivity index (χ2n) is 5.44. The number of rotatable bonds is 5. The molecule has 0 fully saturated rings. The lowest BCUT2D eigenvalue weighted by Crippen LogP contribution is -2.06. The molecule has 0 radical (unpaired) electrons. The van der Waals surface area contributed by atoms with Crippen molar-refractivity contribution < 1.29 is 0 Å². The molecule has 2 aromatic carbocycles. The monoisotopic (exact) mass is 267 g/mol. The Morgan fingerprint density at radius 1 is 0.850 bits per heavy atom. The highest BCUT2D eigenvalue weighted by molar-refractivity contribution is 5.58. The van der Waals surface area contributed by atoms with Crippen LogP contribution in [-0.2, 0) is 19.4 Å². The number of hydrogen-bond acceptors (Lipinski definition) is 1. The van der Waals surface area contributed by atoms with Crippen molar-refractivity contribution in [1.29, 1.82) is 0 Å². The SMILES string of the molecule is CCc1cccc(CC)c1NCc1cc(C)ccc1C. The van der Waals surface area contributed by atoms with Crippen molar-refractivity contribution in [3.05, 3.63) is 64.2 Å². The lowest BCUT2D eigenvalue weighted by molar-refractivity contribution is 1.04. The van der Waals surface area contributed by atoms with Gasteiger partial charge in [0.25, 0.3) is 0 Å². The Morgan fingerprint density at radius 3 is 2.10 bits per heavy atom. The fourth-order valence-electron chi connectivity index (χ4n) is 2.64. The zero-order chi connectivity index (χ0) is 14.5. The van der Waals surface area contributed by atoms with Crippen LogP contribution in [0, 0.1) is 13.8 Å². The van der Waals surface area contributed by atoms with Gasteiger partial charge in [0.15, 0.2) is 0 Å². The number of nitrogens with one attached hydrogen (secondary N) is 1. The first-order valence-electron chi connectivity index (χ1n) is 7.56. The Hall–Kier alpha value is -1.76. The Morgan fingerprint density at radius 2 is 1.50 bits per heavy atom. The first-order valence-corrected chi connectivity index (χ1v) is 7.56. The number of benzene rings is 2. The number of aryl methyl sites for hydroxylation is 4. The summed E-state index contributed by atoms with van der Waals surface area (Å²) in [6.07, 6.45) is 2.14. The summed E-state index contributed by atoms with van der Waals surface area (Å²) in [6.45, 7) is 9.68. The Bertz CT molecular complexity index is 562. The van der Waals surface area contributed by atoms with Gasteiger partial charge in [-0.15, -0.1) is 0 Å². The van der Waals surface area contributed by atoms with Gasteiger partial charge in [-0.1, -0.05) is 55.8 Å². The first-order chi connectivity index (χ1) is 9.65. The minimum Gasteiger partial charge on any atom is -0.381 e. The van der Waals surface area contributed by atoms with E-state index in [-0.39, 0.29) is 0 Å². The van der Waals surface area contributed by atoms with Gasteiger partial charge in [0.05, 0.1) is 0 Å². The van der Waals surface area contributed by atoms with Crippen LogP contribution in [-0.4, -0.2) is 0 Å². The number of anilines is 1. The summed E-state index contributed by atoms with van der Waals surface area (Å²) >= 11 is 0. The van der Waals surface area contributed by atoms with E-state index in [2.05, 4.69) is 69.4 Å². The van der Waals surface area contributed by atoms with E-state index in [1.165, 1.54) is 33.5 Å². The van der Waals surface area contributed by atoms with Gasteiger partial charge in [-0.05, 0) is 48.9 Å². The van der Waals surface area contributed by atoms with E-state index < -0.39 is 0 Å². The van der Waals surface area contributed by atoms with Gasteiger partial charge in [0.2, 0.25) is 0 Å². The Kier molecular flexibility index (Phi) is 4.84. The molecule has 106 valence electrons. The molecule has 1 N–H and O–H groups in total. The minimum absolute atomic E-state index is 0.900. The van der Waals surface area contributed by atoms with Crippen molar-refractivity contribution in [2.75, 3.05) is 5.32 Å². The highest BCUT2D eigenvalue weighted by atomic mass is 14.9. The standard InChI is InChI=1S/C19H25N/c1-5-16-8-7-9-17(6-2)19(16)20-13-18-12-14(3)10-11-15(18)4/h7-12,20H,5-6,13H2,1-4H3. The van der Waals surface area contributed by atoms with Gasteiger partial charge in [0, 0.05) is 12.2 Å². The lowest BCUT2D eigenvalue weighted by Gasteiger charge is -2.16. The second-order valence-corrected chi connectivity index (χ2v) is 5.44. The van der Waals surface area contributed by atoms with Crippen LogP contribution in [0.1, 0.15) is 41.7 Å². The molecule has 0 atom stereocenters. The molecule has 0 aliphatic carbocycles. The largest absolute Gasteiger partial charge is 0.381 e. The molecule has 20 heavy (non-hydrogen) atoms. The van der Waals surface area contributed by atoms with Crippen LogP contribution in [0.4, 0.5) is 5.69 Å². The fourth-order valence-corrected chi connectivity index (χ4v) is 2.64. The third-order valence-corrected chi connectivity index (χ3v) is 3.96. The lowest BCUT2D eigenvalue weighted by atomic mass is 10.0. The molecule has 2 rings (SSSR count). The average molecular weight is 267 g/mol.